The quantitative estimate of drug-likeness (QED) is 0.0396. The van der Waals surface area contributed by atoms with Crippen molar-refractivity contribution in [3.63, 3.8) is 0 Å². The number of carbonyl (C=O) groups is 2. The number of ether oxygens (including phenoxy) is 1. The van der Waals surface area contributed by atoms with E-state index in [-0.39, 0.29) is 18.5 Å². The Hall–Kier alpha value is -2.36. The summed E-state index contributed by atoms with van der Waals surface area (Å²) < 4.78 is 5.84. The molecule has 0 saturated heterocycles. The van der Waals surface area contributed by atoms with Crippen LogP contribution in [0.5, 0.6) is 0 Å². The third-order valence-corrected chi connectivity index (χ3v) is 9.25. The number of esters is 1. The van der Waals surface area contributed by atoms with Gasteiger partial charge in [0.1, 0.15) is 6.10 Å². The molecule has 0 amide bonds. The highest BCUT2D eigenvalue weighted by atomic mass is 16.5. The standard InChI is InChI=1S/C46H80O4/c1-3-5-7-9-11-13-15-17-19-20-21-22-23-24-26-28-30-32-34-36-38-43-46(49)50-44(41-39-42-45(47)48)40-37-35-33-31-29-27-25-18-16-14-12-10-8-6-4-2/h5,7,11,13,17,19,21-22,24,26,44H,3-4,6,8-10,12,14-16,18,20,23,25,27-43H2,1-2H3,(H,47,48)/b7-5-,13-11-,19-17-,22-21-,26-24-. The molecule has 0 aliphatic carbocycles. The van der Waals surface area contributed by atoms with Crippen LogP contribution in [0.25, 0.3) is 0 Å². The average molecular weight is 697 g/mol. The fraction of sp³-hybridized carbons (Fsp3) is 0.739. The van der Waals surface area contributed by atoms with E-state index in [4.69, 9.17) is 9.84 Å². The molecule has 1 unspecified atom stereocenters. The van der Waals surface area contributed by atoms with Gasteiger partial charge in [0, 0.05) is 12.8 Å². The van der Waals surface area contributed by atoms with Crippen molar-refractivity contribution in [1.82, 2.24) is 0 Å². The zero-order chi connectivity index (χ0) is 36.4. The van der Waals surface area contributed by atoms with E-state index in [0.717, 1.165) is 70.6 Å². The number of aliphatic carboxylic acids is 1. The maximum absolute atomic E-state index is 12.6. The summed E-state index contributed by atoms with van der Waals surface area (Å²) in [4.78, 5) is 23.6. The smallest absolute Gasteiger partial charge is 0.306 e. The lowest BCUT2D eigenvalue weighted by Crippen LogP contribution is -2.18. The molecule has 0 aromatic carbocycles. The van der Waals surface area contributed by atoms with Crippen LogP contribution in [0.3, 0.4) is 0 Å². The third-order valence-electron chi connectivity index (χ3n) is 9.25. The van der Waals surface area contributed by atoms with E-state index in [1.807, 2.05) is 0 Å². The predicted molar refractivity (Wildman–Crippen MR) is 218 cm³/mol. The van der Waals surface area contributed by atoms with E-state index in [1.165, 1.54) is 103 Å². The van der Waals surface area contributed by atoms with Gasteiger partial charge in [0.2, 0.25) is 0 Å². The summed E-state index contributed by atoms with van der Waals surface area (Å²) in [6.45, 7) is 4.44. The molecule has 0 rings (SSSR count). The number of carboxylic acid groups (broad SMARTS) is 1. The van der Waals surface area contributed by atoms with Gasteiger partial charge in [-0.1, -0.05) is 184 Å². The molecule has 0 aromatic heterocycles. The lowest BCUT2D eigenvalue weighted by molar-refractivity contribution is -0.150. The second kappa shape index (κ2) is 41.1. The highest BCUT2D eigenvalue weighted by molar-refractivity contribution is 5.69. The highest BCUT2D eigenvalue weighted by Gasteiger charge is 2.15. The van der Waals surface area contributed by atoms with Gasteiger partial charge in [-0.15, -0.1) is 0 Å². The second-order valence-electron chi connectivity index (χ2n) is 14.2. The monoisotopic (exact) mass is 697 g/mol. The van der Waals surface area contributed by atoms with Crippen LogP contribution in [0.15, 0.2) is 60.8 Å². The summed E-state index contributed by atoms with van der Waals surface area (Å²) in [5.41, 5.74) is 0. The maximum atomic E-state index is 12.6. The number of unbranched alkanes of at least 4 members (excludes halogenated alkanes) is 19. The molecule has 0 aromatic rings. The third kappa shape index (κ3) is 40.1. The van der Waals surface area contributed by atoms with Crippen LogP contribution in [0, 0.1) is 0 Å². The van der Waals surface area contributed by atoms with E-state index in [1.54, 1.807) is 0 Å². The van der Waals surface area contributed by atoms with Crippen LogP contribution in [0.1, 0.15) is 213 Å². The van der Waals surface area contributed by atoms with E-state index >= 15 is 0 Å². The van der Waals surface area contributed by atoms with Crippen LogP contribution in [0.2, 0.25) is 0 Å². The zero-order valence-electron chi connectivity index (χ0n) is 32.9. The first-order valence-corrected chi connectivity index (χ1v) is 21.3. The molecule has 0 heterocycles. The van der Waals surface area contributed by atoms with Crippen molar-refractivity contribution in [2.75, 3.05) is 0 Å². The molecular formula is C46H80O4. The lowest BCUT2D eigenvalue weighted by atomic mass is 10.0. The van der Waals surface area contributed by atoms with Gasteiger partial charge in [-0.05, 0) is 77.0 Å². The molecule has 0 aliphatic rings. The number of carboxylic acids is 1. The SMILES string of the molecule is CC/C=C\C/C=C\C/C=C\C/C=C\C/C=C\CCCCCCCC(=O)OC(CCCCCCCCCCCCCCCCC)CCCC(=O)O. The van der Waals surface area contributed by atoms with Gasteiger partial charge in [-0.2, -0.15) is 0 Å². The van der Waals surface area contributed by atoms with Gasteiger partial charge in [0.05, 0.1) is 0 Å². The van der Waals surface area contributed by atoms with E-state index in [2.05, 4.69) is 74.6 Å². The summed E-state index contributed by atoms with van der Waals surface area (Å²) in [6.07, 6.45) is 56.7. The van der Waals surface area contributed by atoms with Crippen molar-refractivity contribution in [3.05, 3.63) is 60.8 Å². The average Bonchev–Trinajstić information content (AvgIpc) is 3.10. The summed E-state index contributed by atoms with van der Waals surface area (Å²) in [5.74, 6) is -0.881. The fourth-order valence-electron chi connectivity index (χ4n) is 6.16. The first-order chi connectivity index (χ1) is 24.6. The Bertz CT molecular complexity index is 881. The largest absolute Gasteiger partial charge is 0.481 e. The molecule has 0 aliphatic heterocycles. The maximum Gasteiger partial charge on any atom is 0.306 e. The molecule has 288 valence electrons. The van der Waals surface area contributed by atoms with Crippen molar-refractivity contribution in [3.8, 4) is 0 Å². The van der Waals surface area contributed by atoms with Crippen LogP contribution in [-0.4, -0.2) is 23.1 Å². The second-order valence-corrected chi connectivity index (χ2v) is 14.2. The van der Waals surface area contributed by atoms with Crippen LogP contribution in [0.4, 0.5) is 0 Å². The first-order valence-electron chi connectivity index (χ1n) is 21.3. The number of allylic oxidation sites excluding steroid dienone is 10. The van der Waals surface area contributed by atoms with Crippen LogP contribution < -0.4 is 0 Å². The van der Waals surface area contributed by atoms with Gasteiger partial charge < -0.3 is 9.84 Å². The van der Waals surface area contributed by atoms with E-state index < -0.39 is 5.97 Å². The van der Waals surface area contributed by atoms with Crippen LogP contribution in [-0.2, 0) is 14.3 Å². The summed E-state index contributed by atoms with van der Waals surface area (Å²) in [7, 11) is 0. The van der Waals surface area contributed by atoms with Crippen molar-refractivity contribution in [2.24, 2.45) is 0 Å². The zero-order valence-corrected chi connectivity index (χ0v) is 32.9. The Kier molecular flexibility index (Phi) is 39.1. The van der Waals surface area contributed by atoms with Gasteiger partial charge in [0.25, 0.3) is 0 Å². The fourth-order valence-corrected chi connectivity index (χ4v) is 6.16. The molecule has 0 fully saturated rings. The number of carbonyl (C=O) groups excluding carboxylic acids is 1. The van der Waals surface area contributed by atoms with Crippen molar-refractivity contribution < 1.29 is 19.4 Å². The molecule has 1 atom stereocenters. The number of hydrogen-bond donors (Lipinski definition) is 1. The van der Waals surface area contributed by atoms with Gasteiger partial charge >= 0.3 is 11.9 Å². The molecule has 0 bridgehead atoms. The molecule has 0 spiro atoms. The van der Waals surface area contributed by atoms with Gasteiger partial charge in [-0.3, -0.25) is 9.59 Å². The summed E-state index contributed by atoms with van der Waals surface area (Å²) >= 11 is 0. The summed E-state index contributed by atoms with van der Waals surface area (Å²) in [5, 5.41) is 9.04. The predicted octanol–water partition coefficient (Wildman–Crippen LogP) is 14.9. The topological polar surface area (TPSA) is 63.6 Å². The molecule has 0 saturated carbocycles. The highest BCUT2D eigenvalue weighted by Crippen LogP contribution is 2.18. The Morgan fingerprint density at radius 2 is 0.860 bits per heavy atom. The molecule has 0 radical (unpaired) electrons. The Balaban J connectivity index is 3.85. The Morgan fingerprint density at radius 1 is 0.460 bits per heavy atom. The van der Waals surface area contributed by atoms with Crippen molar-refractivity contribution in [2.45, 2.75) is 219 Å². The molecular weight excluding hydrogens is 617 g/mol. The van der Waals surface area contributed by atoms with Gasteiger partial charge in [-0.25, -0.2) is 0 Å². The molecule has 4 heteroatoms. The van der Waals surface area contributed by atoms with Crippen molar-refractivity contribution in [1.29, 1.82) is 0 Å². The van der Waals surface area contributed by atoms with E-state index in [0.29, 0.717) is 19.3 Å². The first kappa shape index (κ1) is 47.6. The minimum Gasteiger partial charge on any atom is -0.481 e. The number of hydrogen-bond acceptors (Lipinski definition) is 3. The molecule has 4 nitrogen and oxygen atoms in total. The minimum absolute atomic E-state index is 0.106. The van der Waals surface area contributed by atoms with Crippen molar-refractivity contribution >= 4 is 11.9 Å². The summed E-state index contributed by atoms with van der Waals surface area (Å²) in [6, 6.07) is 0. The molecule has 1 N–H and O–H groups in total. The Morgan fingerprint density at radius 3 is 1.34 bits per heavy atom. The van der Waals surface area contributed by atoms with Crippen LogP contribution >= 0.6 is 0 Å². The minimum atomic E-state index is -0.775. The molecule has 50 heavy (non-hydrogen) atoms. The number of rotatable bonds is 38. The van der Waals surface area contributed by atoms with Gasteiger partial charge in [0.15, 0.2) is 0 Å². The Labute approximate surface area is 310 Å². The van der Waals surface area contributed by atoms with E-state index in [9.17, 15) is 9.59 Å². The lowest BCUT2D eigenvalue weighted by Gasteiger charge is -2.18. The normalized spacial score (nSPS) is 12.8.